The second kappa shape index (κ2) is 6.39. The molecule has 0 heterocycles. The fourth-order valence-corrected chi connectivity index (χ4v) is 8.22. The highest BCUT2D eigenvalue weighted by molar-refractivity contribution is 5.90. The Morgan fingerprint density at radius 2 is 1.14 bits per heavy atom. The predicted molar refractivity (Wildman–Crippen MR) is 102 cm³/mol. The minimum Gasteiger partial charge on any atom is -0.481 e. The maximum absolute atomic E-state index is 11.9. The van der Waals surface area contributed by atoms with Gasteiger partial charge in [0, 0.05) is 23.7 Å². The summed E-state index contributed by atoms with van der Waals surface area (Å²) in [5, 5.41) is 9.25. The van der Waals surface area contributed by atoms with Crippen molar-refractivity contribution in [3.05, 3.63) is 0 Å². The number of rotatable bonds is 2. The van der Waals surface area contributed by atoms with Gasteiger partial charge in [-0.05, 0) is 76.0 Å². The number of ketones is 2. The Labute approximate surface area is 170 Å². The molecule has 0 saturated heterocycles. The van der Waals surface area contributed by atoms with Crippen LogP contribution < -0.4 is 0 Å². The van der Waals surface area contributed by atoms with Gasteiger partial charge in [-0.3, -0.25) is 19.2 Å². The summed E-state index contributed by atoms with van der Waals surface area (Å²) >= 11 is 0. The van der Waals surface area contributed by atoms with E-state index in [1.165, 1.54) is 7.11 Å². The monoisotopic (exact) mass is 402 g/mol. The van der Waals surface area contributed by atoms with Crippen molar-refractivity contribution in [1.82, 2.24) is 0 Å². The quantitative estimate of drug-likeness (QED) is 0.713. The molecule has 0 aliphatic heterocycles. The zero-order chi connectivity index (χ0) is 20.6. The van der Waals surface area contributed by atoms with Crippen molar-refractivity contribution in [2.45, 2.75) is 64.2 Å². The second-order valence-corrected chi connectivity index (χ2v) is 10.8. The molecule has 1 N–H and O–H groups in total. The van der Waals surface area contributed by atoms with E-state index in [4.69, 9.17) is 4.74 Å². The van der Waals surface area contributed by atoms with Crippen molar-refractivity contribution >= 4 is 23.5 Å². The highest BCUT2D eigenvalue weighted by Crippen LogP contribution is 2.59. The number of methoxy groups -OCH3 is 1. The molecule has 4 unspecified atom stereocenters. The summed E-state index contributed by atoms with van der Waals surface area (Å²) in [6.07, 6.45) is 8.50. The fraction of sp³-hybridized carbons (Fsp3) is 0.826. The van der Waals surface area contributed by atoms with Gasteiger partial charge >= 0.3 is 11.9 Å². The molecule has 8 saturated carbocycles. The maximum Gasteiger partial charge on any atom is 0.311 e. The van der Waals surface area contributed by atoms with E-state index in [9.17, 15) is 24.3 Å². The number of hydrogen-bond acceptors (Lipinski definition) is 5. The van der Waals surface area contributed by atoms with Gasteiger partial charge in [-0.2, -0.15) is 0 Å². The van der Waals surface area contributed by atoms with Gasteiger partial charge in [-0.15, -0.1) is 0 Å². The summed E-state index contributed by atoms with van der Waals surface area (Å²) in [4.78, 5) is 46.7. The van der Waals surface area contributed by atoms with Crippen LogP contribution in [0.3, 0.4) is 0 Å². The molecule has 6 heteroatoms. The molecule has 8 aliphatic rings. The Balaban J connectivity index is 0.000000125. The zero-order valence-electron chi connectivity index (χ0n) is 17.0. The summed E-state index contributed by atoms with van der Waals surface area (Å²) in [5.74, 6) is 1.64. The van der Waals surface area contributed by atoms with Crippen molar-refractivity contribution in [3.8, 4) is 0 Å². The number of Topliss-reactive ketones (excluding diaryl/α,β-unsaturated/α-hetero) is 2. The Bertz CT molecular complexity index is 748. The lowest BCUT2D eigenvalue weighted by Gasteiger charge is -2.53. The number of carbonyl (C=O) groups is 4. The molecule has 8 bridgehead atoms. The molecule has 158 valence electrons. The predicted octanol–water partition coefficient (Wildman–Crippen LogP) is 3.02. The molecule has 29 heavy (non-hydrogen) atoms. The first-order valence-electron chi connectivity index (χ1n) is 11.1. The largest absolute Gasteiger partial charge is 0.481 e. The van der Waals surface area contributed by atoms with Gasteiger partial charge in [-0.25, -0.2) is 0 Å². The third kappa shape index (κ3) is 2.81. The summed E-state index contributed by atoms with van der Waals surface area (Å²) in [6, 6.07) is 0. The molecular weight excluding hydrogens is 372 g/mol. The van der Waals surface area contributed by atoms with Crippen molar-refractivity contribution in [1.29, 1.82) is 0 Å². The van der Waals surface area contributed by atoms with Crippen LogP contribution in [0, 0.1) is 46.3 Å². The van der Waals surface area contributed by atoms with Crippen molar-refractivity contribution in [2.24, 2.45) is 46.3 Å². The van der Waals surface area contributed by atoms with Crippen molar-refractivity contribution in [2.75, 3.05) is 7.11 Å². The van der Waals surface area contributed by atoms with Gasteiger partial charge in [0.15, 0.2) is 0 Å². The molecule has 0 amide bonds. The van der Waals surface area contributed by atoms with Crippen LogP contribution in [0.4, 0.5) is 0 Å². The van der Waals surface area contributed by atoms with E-state index in [0.29, 0.717) is 36.2 Å². The molecular formula is C23H30O6. The Morgan fingerprint density at radius 3 is 1.52 bits per heavy atom. The Kier molecular flexibility index (Phi) is 4.24. The van der Waals surface area contributed by atoms with Gasteiger partial charge in [0.25, 0.3) is 0 Å². The number of hydrogen-bond donors (Lipinski definition) is 1. The summed E-state index contributed by atoms with van der Waals surface area (Å²) in [5.41, 5.74) is -0.816. The maximum atomic E-state index is 11.9. The molecule has 6 nitrogen and oxygen atoms in total. The van der Waals surface area contributed by atoms with Gasteiger partial charge in [0.05, 0.1) is 17.9 Å². The first kappa shape index (κ1) is 19.3. The average molecular weight is 402 g/mol. The summed E-state index contributed by atoms with van der Waals surface area (Å²) in [7, 11) is 1.46. The minimum absolute atomic E-state index is 0.0746. The normalized spacial score (nSPS) is 48.3. The van der Waals surface area contributed by atoms with E-state index in [0.717, 1.165) is 51.4 Å². The number of esters is 1. The molecule has 8 rings (SSSR count). The topological polar surface area (TPSA) is 97.7 Å². The van der Waals surface area contributed by atoms with Gasteiger partial charge in [0.1, 0.15) is 11.6 Å². The molecule has 0 aromatic carbocycles. The van der Waals surface area contributed by atoms with Crippen molar-refractivity contribution in [3.63, 3.8) is 0 Å². The zero-order valence-corrected chi connectivity index (χ0v) is 17.0. The number of ether oxygens (including phenoxy) is 1. The van der Waals surface area contributed by atoms with Gasteiger partial charge in [0.2, 0.25) is 0 Å². The average Bonchev–Trinajstić information content (AvgIpc) is 2.68. The number of carboxylic acid groups (broad SMARTS) is 1. The van der Waals surface area contributed by atoms with Gasteiger partial charge < -0.3 is 9.84 Å². The molecule has 8 fully saturated rings. The first-order valence-corrected chi connectivity index (χ1v) is 11.1. The van der Waals surface area contributed by atoms with E-state index in [1.54, 1.807) is 0 Å². The molecule has 0 spiro atoms. The smallest absolute Gasteiger partial charge is 0.311 e. The van der Waals surface area contributed by atoms with E-state index in [2.05, 4.69) is 0 Å². The molecule has 0 aromatic rings. The van der Waals surface area contributed by atoms with Gasteiger partial charge in [-0.1, -0.05) is 0 Å². The van der Waals surface area contributed by atoms with Crippen LogP contribution in [-0.2, 0) is 23.9 Å². The standard InChI is InChI=1S/C12H16O3.C11H14O3/c1-15-11(14)12-4-7-2-8(5-12)10(13)9(3-7)6-12;12-9-7-1-6-2-8(9)5-11(3-6,4-7)10(13)14/h7-9H,2-6H2,1H3;6-8H,1-5H2,(H,13,14). The molecule has 0 radical (unpaired) electrons. The Hall–Kier alpha value is -1.72. The second-order valence-electron chi connectivity index (χ2n) is 10.8. The third-order valence-electron chi connectivity index (χ3n) is 9.06. The van der Waals surface area contributed by atoms with Crippen LogP contribution in [0.1, 0.15) is 64.2 Å². The highest BCUT2D eigenvalue weighted by Gasteiger charge is 2.59. The summed E-state index contributed by atoms with van der Waals surface area (Å²) < 4.78 is 4.92. The van der Waals surface area contributed by atoms with Crippen LogP contribution >= 0.6 is 0 Å². The fourth-order valence-electron chi connectivity index (χ4n) is 8.22. The Morgan fingerprint density at radius 1 is 0.759 bits per heavy atom. The van der Waals surface area contributed by atoms with E-state index in [-0.39, 0.29) is 35.1 Å². The lowest BCUT2D eigenvalue weighted by atomic mass is 9.49. The van der Waals surface area contributed by atoms with Crippen LogP contribution in [0.15, 0.2) is 0 Å². The first-order chi connectivity index (χ1) is 13.7. The highest BCUT2D eigenvalue weighted by atomic mass is 16.5. The van der Waals surface area contributed by atoms with Crippen LogP contribution in [0.5, 0.6) is 0 Å². The van der Waals surface area contributed by atoms with Crippen LogP contribution in [0.2, 0.25) is 0 Å². The molecule has 8 aliphatic carbocycles. The summed E-state index contributed by atoms with van der Waals surface area (Å²) in [6.45, 7) is 0. The lowest BCUT2D eigenvalue weighted by molar-refractivity contribution is -0.172. The van der Waals surface area contributed by atoms with Crippen LogP contribution in [0.25, 0.3) is 0 Å². The van der Waals surface area contributed by atoms with Crippen molar-refractivity contribution < 1.29 is 29.0 Å². The third-order valence-corrected chi connectivity index (χ3v) is 9.06. The van der Waals surface area contributed by atoms with E-state index < -0.39 is 11.4 Å². The molecule has 4 atom stereocenters. The van der Waals surface area contributed by atoms with E-state index >= 15 is 0 Å². The lowest BCUT2D eigenvalue weighted by Crippen LogP contribution is -2.54. The number of aliphatic carboxylic acids is 1. The number of carbonyl (C=O) groups excluding carboxylic acids is 3. The molecule has 0 aromatic heterocycles. The minimum atomic E-state index is -0.663. The SMILES string of the molecule is COC(=O)C12CC3CC(C1)C(=O)C(C3)C2.O=C1C2CC3CC1CC(C(=O)O)(C3)C2. The van der Waals surface area contributed by atoms with E-state index in [1.807, 2.05) is 0 Å². The number of carboxylic acids is 1. The van der Waals surface area contributed by atoms with Crippen LogP contribution in [-0.4, -0.2) is 35.7 Å².